The zero-order valence-corrected chi connectivity index (χ0v) is 9.80. The molecule has 2 rings (SSSR count). The van der Waals surface area contributed by atoms with Gasteiger partial charge in [-0.05, 0) is 36.6 Å². The standard InChI is InChI=1S/C11H16N2O2S/c12-9-3-4-16-10(9)11(15)13-6-7-1-2-8(14)5-7/h3-4,7-8,14H,1-2,5-6,12H2,(H,13,15). The number of carbonyl (C=O) groups excluding carboxylic acids is 1. The van der Waals surface area contributed by atoms with Gasteiger partial charge in [-0.3, -0.25) is 4.79 Å². The number of rotatable bonds is 3. The lowest BCUT2D eigenvalue weighted by atomic mass is 10.1. The lowest BCUT2D eigenvalue weighted by Crippen LogP contribution is -2.28. The predicted octanol–water partition coefficient (Wildman–Crippen LogP) is 1.22. The van der Waals surface area contributed by atoms with Gasteiger partial charge < -0.3 is 16.2 Å². The fourth-order valence-electron chi connectivity index (χ4n) is 2.05. The Morgan fingerprint density at radius 1 is 1.62 bits per heavy atom. The molecule has 16 heavy (non-hydrogen) atoms. The summed E-state index contributed by atoms with van der Waals surface area (Å²) in [5.74, 6) is 0.300. The molecule has 1 heterocycles. The molecule has 4 N–H and O–H groups in total. The van der Waals surface area contributed by atoms with E-state index in [0.29, 0.717) is 23.0 Å². The van der Waals surface area contributed by atoms with E-state index in [1.807, 2.05) is 5.38 Å². The van der Waals surface area contributed by atoms with Crippen LogP contribution in [0.1, 0.15) is 28.9 Å². The van der Waals surface area contributed by atoms with E-state index in [1.54, 1.807) is 6.07 Å². The Labute approximate surface area is 98.5 Å². The molecule has 1 amide bonds. The highest BCUT2D eigenvalue weighted by molar-refractivity contribution is 7.12. The zero-order valence-electron chi connectivity index (χ0n) is 8.98. The molecule has 5 heteroatoms. The highest BCUT2D eigenvalue weighted by atomic mass is 32.1. The van der Waals surface area contributed by atoms with Gasteiger partial charge in [0.15, 0.2) is 0 Å². The van der Waals surface area contributed by atoms with Gasteiger partial charge in [0.1, 0.15) is 4.88 Å². The molecule has 1 aromatic heterocycles. The van der Waals surface area contributed by atoms with Crippen molar-refractivity contribution in [3.8, 4) is 0 Å². The first kappa shape index (κ1) is 11.4. The molecular formula is C11H16N2O2S. The van der Waals surface area contributed by atoms with Gasteiger partial charge in [0.2, 0.25) is 0 Å². The summed E-state index contributed by atoms with van der Waals surface area (Å²) >= 11 is 1.35. The van der Waals surface area contributed by atoms with Crippen molar-refractivity contribution >= 4 is 22.9 Å². The summed E-state index contributed by atoms with van der Waals surface area (Å²) < 4.78 is 0. The molecule has 0 aliphatic heterocycles. The molecular weight excluding hydrogens is 224 g/mol. The molecule has 0 bridgehead atoms. The van der Waals surface area contributed by atoms with Crippen LogP contribution in [0, 0.1) is 5.92 Å². The van der Waals surface area contributed by atoms with E-state index in [0.717, 1.165) is 19.3 Å². The third-order valence-corrected chi connectivity index (χ3v) is 3.90. The Kier molecular flexibility index (Phi) is 3.46. The molecule has 0 spiro atoms. The van der Waals surface area contributed by atoms with Gasteiger partial charge in [0.25, 0.3) is 5.91 Å². The SMILES string of the molecule is Nc1ccsc1C(=O)NCC1CCC(O)C1. The number of nitrogens with two attached hydrogens (primary N) is 1. The minimum atomic E-state index is -0.186. The summed E-state index contributed by atoms with van der Waals surface area (Å²) in [6.45, 7) is 0.632. The van der Waals surface area contributed by atoms with Crippen molar-refractivity contribution in [1.82, 2.24) is 5.32 Å². The monoisotopic (exact) mass is 240 g/mol. The molecule has 1 aromatic rings. The maximum Gasteiger partial charge on any atom is 0.263 e. The third kappa shape index (κ3) is 2.54. The van der Waals surface area contributed by atoms with Crippen molar-refractivity contribution in [1.29, 1.82) is 0 Å². The van der Waals surface area contributed by atoms with Gasteiger partial charge in [-0.15, -0.1) is 11.3 Å². The van der Waals surface area contributed by atoms with Crippen molar-refractivity contribution in [3.05, 3.63) is 16.3 Å². The summed E-state index contributed by atoms with van der Waals surface area (Å²) in [6, 6.07) is 1.74. The van der Waals surface area contributed by atoms with Crippen LogP contribution in [-0.2, 0) is 0 Å². The summed E-state index contributed by atoms with van der Waals surface area (Å²) in [5.41, 5.74) is 6.19. The Hall–Kier alpha value is -1.07. The Balaban J connectivity index is 1.82. The Morgan fingerprint density at radius 2 is 2.44 bits per heavy atom. The fraction of sp³-hybridized carbons (Fsp3) is 0.545. The highest BCUT2D eigenvalue weighted by Crippen LogP contribution is 2.25. The van der Waals surface area contributed by atoms with Crippen LogP contribution in [0.5, 0.6) is 0 Å². The molecule has 0 saturated heterocycles. The van der Waals surface area contributed by atoms with E-state index in [-0.39, 0.29) is 12.0 Å². The Morgan fingerprint density at radius 3 is 3.00 bits per heavy atom. The van der Waals surface area contributed by atoms with Crippen molar-refractivity contribution in [2.75, 3.05) is 12.3 Å². The molecule has 4 nitrogen and oxygen atoms in total. The van der Waals surface area contributed by atoms with Gasteiger partial charge in [0, 0.05) is 6.54 Å². The van der Waals surface area contributed by atoms with Crippen LogP contribution in [0.15, 0.2) is 11.4 Å². The first-order valence-corrected chi connectivity index (χ1v) is 6.34. The molecule has 0 radical (unpaired) electrons. The van der Waals surface area contributed by atoms with E-state index < -0.39 is 0 Å². The van der Waals surface area contributed by atoms with E-state index in [4.69, 9.17) is 5.73 Å². The maximum absolute atomic E-state index is 11.7. The smallest absolute Gasteiger partial charge is 0.263 e. The van der Waals surface area contributed by atoms with Crippen molar-refractivity contribution in [3.63, 3.8) is 0 Å². The molecule has 2 unspecified atom stereocenters. The summed E-state index contributed by atoms with van der Waals surface area (Å²) in [4.78, 5) is 12.3. The molecule has 0 aromatic carbocycles. The van der Waals surface area contributed by atoms with E-state index in [9.17, 15) is 9.90 Å². The first-order valence-electron chi connectivity index (χ1n) is 5.46. The number of thiophene rings is 1. The number of aliphatic hydroxyl groups excluding tert-OH is 1. The first-order chi connectivity index (χ1) is 7.66. The lowest BCUT2D eigenvalue weighted by Gasteiger charge is -2.10. The van der Waals surface area contributed by atoms with Gasteiger partial charge in [-0.1, -0.05) is 0 Å². The quantitative estimate of drug-likeness (QED) is 0.743. The number of nitrogens with one attached hydrogen (secondary N) is 1. The van der Waals surface area contributed by atoms with Crippen molar-refractivity contribution in [2.24, 2.45) is 5.92 Å². The summed E-state index contributed by atoms with van der Waals surface area (Å²) in [6.07, 6.45) is 2.44. The van der Waals surface area contributed by atoms with Crippen molar-refractivity contribution < 1.29 is 9.90 Å². The average Bonchev–Trinajstić information content (AvgIpc) is 2.84. The number of aliphatic hydroxyl groups is 1. The zero-order chi connectivity index (χ0) is 11.5. The maximum atomic E-state index is 11.7. The minimum absolute atomic E-state index is 0.103. The molecule has 1 aliphatic carbocycles. The summed E-state index contributed by atoms with van der Waals surface area (Å²) in [7, 11) is 0. The number of amides is 1. The van der Waals surface area contributed by atoms with Crippen LogP contribution in [-0.4, -0.2) is 23.7 Å². The van der Waals surface area contributed by atoms with E-state index in [1.165, 1.54) is 11.3 Å². The van der Waals surface area contributed by atoms with Gasteiger partial charge >= 0.3 is 0 Å². The lowest BCUT2D eigenvalue weighted by molar-refractivity contribution is 0.0950. The highest BCUT2D eigenvalue weighted by Gasteiger charge is 2.23. The minimum Gasteiger partial charge on any atom is -0.397 e. The number of nitrogen functional groups attached to an aromatic ring is 1. The molecule has 1 fully saturated rings. The second kappa shape index (κ2) is 4.84. The average molecular weight is 240 g/mol. The molecule has 2 atom stereocenters. The summed E-state index contributed by atoms with van der Waals surface area (Å²) in [5, 5.41) is 14.0. The number of hydrogen-bond donors (Lipinski definition) is 3. The number of anilines is 1. The third-order valence-electron chi connectivity index (χ3n) is 2.97. The van der Waals surface area contributed by atoms with Crippen LogP contribution < -0.4 is 11.1 Å². The van der Waals surface area contributed by atoms with Gasteiger partial charge in [0.05, 0.1) is 11.8 Å². The fourth-order valence-corrected chi connectivity index (χ4v) is 2.79. The number of carbonyl (C=O) groups is 1. The van der Waals surface area contributed by atoms with E-state index in [2.05, 4.69) is 5.32 Å². The van der Waals surface area contributed by atoms with Gasteiger partial charge in [-0.25, -0.2) is 0 Å². The molecule has 1 aliphatic rings. The topological polar surface area (TPSA) is 75.4 Å². The Bertz CT molecular complexity index is 378. The molecule has 88 valence electrons. The largest absolute Gasteiger partial charge is 0.397 e. The van der Waals surface area contributed by atoms with Crippen LogP contribution in [0.2, 0.25) is 0 Å². The predicted molar refractivity (Wildman–Crippen MR) is 64.4 cm³/mol. The normalized spacial score (nSPS) is 24.6. The second-order valence-corrected chi connectivity index (χ2v) is 5.16. The van der Waals surface area contributed by atoms with Crippen LogP contribution in [0.4, 0.5) is 5.69 Å². The second-order valence-electron chi connectivity index (χ2n) is 4.25. The van der Waals surface area contributed by atoms with Crippen LogP contribution in [0.3, 0.4) is 0 Å². The molecule has 1 saturated carbocycles. The number of hydrogen-bond acceptors (Lipinski definition) is 4. The van der Waals surface area contributed by atoms with Crippen LogP contribution in [0.25, 0.3) is 0 Å². The van der Waals surface area contributed by atoms with Crippen LogP contribution >= 0.6 is 11.3 Å². The van der Waals surface area contributed by atoms with Gasteiger partial charge in [-0.2, -0.15) is 0 Å². The van der Waals surface area contributed by atoms with E-state index >= 15 is 0 Å². The van der Waals surface area contributed by atoms with Crippen molar-refractivity contribution in [2.45, 2.75) is 25.4 Å².